The number of benzene rings is 2. The van der Waals surface area contributed by atoms with Crippen LogP contribution in [0.1, 0.15) is 76.0 Å². The van der Waals surface area contributed by atoms with E-state index in [1.807, 2.05) is 0 Å². The number of rotatable bonds is 10. The molecular formula is C26H36O2. The average Bonchev–Trinajstić information content (AvgIpc) is 2.75. The smallest absolute Gasteiger partial charge is 0.106 e. The van der Waals surface area contributed by atoms with Crippen LogP contribution in [-0.4, -0.2) is 19.3 Å². The van der Waals surface area contributed by atoms with Crippen molar-refractivity contribution in [2.45, 2.75) is 77.4 Å². The molecule has 2 atom stereocenters. The molecule has 0 aromatic heterocycles. The maximum Gasteiger partial charge on any atom is 0.106 e. The fourth-order valence-electron chi connectivity index (χ4n) is 3.92. The van der Waals surface area contributed by atoms with Gasteiger partial charge in [-0.05, 0) is 35.1 Å². The molecule has 2 aromatic rings. The molecule has 0 bridgehead atoms. The van der Waals surface area contributed by atoms with Crippen LogP contribution in [0.4, 0.5) is 0 Å². The second kappa shape index (κ2) is 11.4. The summed E-state index contributed by atoms with van der Waals surface area (Å²) in [5.41, 5.74) is 5.16. The molecule has 0 N–H and O–H groups in total. The van der Waals surface area contributed by atoms with Crippen LogP contribution in [0.2, 0.25) is 0 Å². The first kappa shape index (κ1) is 21.1. The second-order valence-electron chi connectivity index (χ2n) is 8.05. The highest BCUT2D eigenvalue weighted by Gasteiger charge is 2.23. The van der Waals surface area contributed by atoms with Gasteiger partial charge in [-0.15, -0.1) is 0 Å². The molecule has 152 valence electrons. The van der Waals surface area contributed by atoms with E-state index in [1.54, 1.807) is 0 Å². The van der Waals surface area contributed by atoms with Crippen LogP contribution in [0.5, 0.6) is 0 Å². The third-order valence-corrected chi connectivity index (χ3v) is 5.70. The standard InChI is InChI=1S/C26H36O2/c1-3-5-6-7-8-10-25-19-28-26(20-27-25)24-17-15-23(16-18-24)22-13-11-21(9-4-2)12-14-22/h11-18,25-26H,3-10,19-20H2,1-2H3/t25-,26-/m0/s1. The van der Waals surface area contributed by atoms with E-state index < -0.39 is 0 Å². The summed E-state index contributed by atoms with van der Waals surface area (Å²) in [6.45, 7) is 5.87. The first-order valence-corrected chi connectivity index (χ1v) is 11.2. The lowest BCUT2D eigenvalue weighted by Gasteiger charge is -2.30. The highest BCUT2D eigenvalue weighted by atomic mass is 16.6. The number of unbranched alkanes of at least 4 members (excludes halogenated alkanes) is 4. The molecule has 1 aliphatic heterocycles. The van der Waals surface area contributed by atoms with Crippen molar-refractivity contribution in [1.82, 2.24) is 0 Å². The summed E-state index contributed by atoms with van der Waals surface area (Å²) < 4.78 is 12.2. The van der Waals surface area contributed by atoms with Gasteiger partial charge in [0.25, 0.3) is 0 Å². The average molecular weight is 381 g/mol. The lowest BCUT2D eigenvalue weighted by atomic mass is 9.99. The maximum atomic E-state index is 6.12. The number of hydrogen-bond donors (Lipinski definition) is 0. The zero-order valence-corrected chi connectivity index (χ0v) is 17.7. The van der Waals surface area contributed by atoms with Gasteiger partial charge in [-0.3, -0.25) is 0 Å². The zero-order chi connectivity index (χ0) is 19.6. The minimum absolute atomic E-state index is 0.0670. The molecule has 3 rings (SSSR count). The zero-order valence-electron chi connectivity index (χ0n) is 17.7. The van der Waals surface area contributed by atoms with Crippen molar-refractivity contribution < 1.29 is 9.47 Å². The van der Waals surface area contributed by atoms with Crippen LogP contribution < -0.4 is 0 Å². The van der Waals surface area contributed by atoms with E-state index in [1.165, 1.54) is 60.8 Å². The van der Waals surface area contributed by atoms with Crippen LogP contribution in [0, 0.1) is 0 Å². The van der Waals surface area contributed by atoms with Gasteiger partial charge in [0.2, 0.25) is 0 Å². The molecule has 0 unspecified atom stereocenters. The van der Waals surface area contributed by atoms with E-state index in [0.717, 1.165) is 19.4 Å². The minimum Gasteiger partial charge on any atom is -0.373 e. The van der Waals surface area contributed by atoms with E-state index in [0.29, 0.717) is 6.61 Å². The first-order chi connectivity index (χ1) is 13.8. The molecule has 28 heavy (non-hydrogen) atoms. The molecule has 0 spiro atoms. The Morgan fingerprint density at radius 3 is 2.00 bits per heavy atom. The number of hydrogen-bond acceptors (Lipinski definition) is 2. The van der Waals surface area contributed by atoms with Crippen molar-refractivity contribution in [2.24, 2.45) is 0 Å². The molecule has 1 aliphatic rings. The van der Waals surface area contributed by atoms with Crippen molar-refractivity contribution >= 4 is 0 Å². The highest BCUT2D eigenvalue weighted by Crippen LogP contribution is 2.27. The lowest BCUT2D eigenvalue weighted by molar-refractivity contribution is -0.137. The molecule has 0 radical (unpaired) electrons. The largest absolute Gasteiger partial charge is 0.373 e. The van der Waals surface area contributed by atoms with Crippen LogP contribution in [0.15, 0.2) is 48.5 Å². The highest BCUT2D eigenvalue weighted by molar-refractivity contribution is 5.64. The molecule has 1 heterocycles. The molecular weight excluding hydrogens is 344 g/mol. The van der Waals surface area contributed by atoms with Gasteiger partial charge in [0.1, 0.15) is 6.10 Å². The Labute approximate surface area is 171 Å². The Kier molecular flexibility index (Phi) is 8.57. The molecule has 0 amide bonds. The monoisotopic (exact) mass is 380 g/mol. The van der Waals surface area contributed by atoms with Crippen LogP contribution >= 0.6 is 0 Å². The fraction of sp³-hybridized carbons (Fsp3) is 0.538. The Morgan fingerprint density at radius 2 is 1.39 bits per heavy atom. The lowest BCUT2D eigenvalue weighted by Crippen LogP contribution is -2.31. The third kappa shape index (κ3) is 6.18. The van der Waals surface area contributed by atoms with Gasteiger partial charge >= 0.3 is 0 Å². The summed E-state index contributed by atoms with van der Waals surface area (Å²) in [6.07, 6.45) is 10.4. The SMILES string of the molecule is CCCCCCC[C@H]1CO[C@H](c2ccc(-c3ccc(CCC)cc3)cc2)CO1. The molecule has 2 aromatic carbocycles. The topological polar surface area (TPSA) is 18.5 Å². The molecule has 1 saturated heterocycles. The van der Waals surface area contributed by atoms with Crippen LogP contribution in [0.3, 0.4) is 0 Å². The molecule has 0 aliphatic carbocycles. The molecule has 2 nitrogen and oxygen atoms in total. The summed E-state index contributed by atoms with van der Waals surface area (Å²) in [7, 11) is 0. The molecule has 1 fully saturated rings. The van der Waals surface area contributed by atoms with Gasteiger partial charge in [-0.2, -0.15) is 0 Å². The number of aryl methyl sites for hydroxylation is 1. The summed E-state index contributed by atoms with van der Waals surface area (Å²) in [6, 6.07) is 17.7. The maximum absolute atomic E-state index is 6.12. The van der Waals surface area contributed by atoms with Crippen molar-refractivity contribution in [3.8, 4) is 11.1 Å². The van der Waals surface area contributed by atoms with Crippen molar-refractivity contribution in [1.29, 1.82) is 0 Å². The van der Waals surface area contributed by atoms with Gasteiger partial charge in [-0.1, -0.05) is 101 Å². The predicted molar refractivity (Wildman–Crippen MR) is 118 cm³/mol. The Hall–Kier alpha value is -1.64. The van der Waals surface area contributed by atoms with Crippen molar-refractivity contribution in [3.05, 3.63) is 59.7 Å². The van der Waals surface area contributed by atoms with Crippen LogP contribution in [-0.2, 0) is 15.9 Å². The van der Waals surface area contributed by atoms with Crippen molar-refractivity contribution in [2.75, 3.05) is 13.2 Å². The summed E-state index contributed by atoms with van der Waals surface area (Å²) in [5.74, 6) is 0. The predicted octanol–water partition coefficient (Wildman–Crippen LogP) is 7.12. The molecule has 0 saturated carbocycles. The first-order valence-electron chi connectivity index (χ1n) is 11.2. The summed E-state index contributed by atoms with van der Waals surface area (Å²) >= 11 is 0. The van der Waals surface area contributed by atoms with E-state index in [-0.39, 0.29) is 12.2 Å². The third-order valence-electron chi connectivity index (χ3n) is 5.70. The second-order valence-corrected chi connectivity index (χ2v) is 8.05. The Balaban J connectivity index is 1.46. The Morgan fingerprint density at radius 1 is 0.714 bits per heavy atom. The van der Waals surface area contributed by atoms with Gasteiger partial charge in [0.05, 0.1) is 19.3 Å². The van der Waals surface area contributed by atoms with E-state index in [9.17, 15) is 0 Å². The van der Waals surface area contributed by atoms with Gasteiger partial charge in [-0.25, -0.2) is 0 Å². The fourth-order valence-corrected chi connectivity index (χ4v) is 3.92. The summed E-state index contributed by atoms with van der Waals surface area (Å²) in [5, 5.41) is 0. The quantitative estimate of drug-likeness (QED) is 0.408. The minimum atomic E-state index is 0.0670. The van der Waals surface area contributed by atoms with E-state index in [4.69, 9.17) is 9.47 Å². The van der Waals surface area contributed by atoms with Gasteiger partial charge < -0.3 is 9.47 Å². The summed E-state index contributed by atoms with van der Waals surface area (Å²) in [4.78, 5) is 0. The Bertz CT molecular complexity index is 667. The van der Waals surface area contributed by atoms with Gasteiger partial charge in [0, 0.05) is 0 Å². The van der Waals surface area contributed by atoms with Crippen molar-refractivity contribution in [3.63, 3.8) is 0 Å². The van der Waals surface area contributed by atoms with Crippen LogP contribution in [0.25, 0.3) is 11.1 Å². The van der Waals surface area contributed by atoms with E-state index >= 15 is 0 Å². The van der Waals surface area contributed by atoms with E-state index in [2.05, 4.69) is 62.4 Å². The number of ether oxygens (including phenoxy) is 2. The molecule has 2 heteroatoms. The van der Waals surface area contributed by atoms with Gasteiger partial charge in [0.15, 0.2) is 0 Å². The normalized spacial score (nSPS) is 19.6.